The van der Waals surface area contributed by atoms with Crippen molar-refractivity contribution in [2.75, 3.05) is 26.2 Å². The van der Waals surface area contributed by atoms with Crippen molar-refractivity contribution in [1.82, 2.24) is 14.8 Å². The molecule has 3 heterocycles. The highest BCUT2D eigenvalue weighted by Gasteiger charge is 2.32. The van der Waals surface area contributed by atoms with Crippen molar-refractivity contribution in [2.24, 2.45) is 0 Å². The molecule has 1 aromatic carbocycles. The Morgan fingerprint density at radius 2 is 2.19 bits per heavy atom. The summed E-state index contributed by atoms with van der Waals surface area (Å²) in [5.41, 5.74) is 4.18. The molecule has 2 aliphatic rings. The zero-order valence-corrected chi connectivity index (χ0v) is 12.2. The van der Waals surface area contributed by atoms with E-state index in [2.05, 4.69) is 45.1 Å². The lowest BCUT2D eigenvalue weighted by atomic mass is 9.95. The van der Waals surface area contributed by atoms with Crippen molar-refractivity contribution in [3.8, 4) is 6.07 Å². The van der Waals surface area contributed by atoms with E-state index >= 15 is 0 Å². The number of H-pyrrole nitrogens is 1. The van der Waals surface area contributed by atoms with Gasteiger partial charge in [-0.05, 0) is 18.1 Å². The van der Waals surface area contributed by atoms with Crippen LogP contribution in [0.2, 0.25) is 0 Å². The van der Waals surface area contributed by atoms with Gasteiger partial charge in [-0.1, -0.05) is 18.2 Å². The summed E-state index contributed by atoms with van der Waals surface area (Å²) in [4.78, 5) is 8.64. The number of aromatic nitrogens is 1. The van der Waals surface area contributed by atoms with E-state index in [-0.39, 0.29) is 0 Å². The van der Waals surface area contributed by atoms with Crippen molar-refractivity contribution in [3.63, 3.8) is 0 Å². The average molecular weight is 280 g/mol. The van der Waals surface area contributed by atoms with Gasteiger partial charge in [0.25, 0.3) is 0 Å². The van der Waals surface area contributed by atoms with E-state index in [9.17, 15) is 0 Å². The molecule has 0 bridgehead atoms. The Hall–Kier alpha value is -1.83. The molecule has 4 rings (SSSR count). The predicted molar refractivity (Wildman–Crippen MR) is 82.9 cm³/mol. The molecule has 4 heteroatoms. The number of rotatable bonds is 2. The molecule has 0 radical (unpaired) electrons. The van der Waals surface area contributed by atoms with E-state index in [1.54, 1.807) is 0 Å². The highest BCUT2D eigenvalue weighted by molar-refractivity contribution is 5.84. The summed E-state index contributed by atoms with van der Waals surface area (Å²) >= 11 is 0. The molecule has 1 aromatic heterocycles. The van der Waals surface area contributed by atoms with Gasteiger partial charge in [0, 0.05) is 61.8 Å². The third-order valence-electron chi connectivity index (χ3n) is 4.93. The third-order valence-corrected chi connectivity index (χ3v) is 4.93. The molecule has 1 N–H and O–H groups in total. The molecular weight excluding hydrogens is 260 g/mol. The minimum atomic E-state index is 0.601. The van der Waals surface area contributed by atoms with E-state index in [0.29, 0.717) is 12.5 Å². The van der Waals surface area contributed by atoms with Crippen LogP contribution in [0, 0.1) is 11.3 Å². The number of nitrogens with one attached hydrogen (secondary N) is 1. The van der Waals surface area contributed by atoms with Crippen LogP contribution in [0.25, 0.3) is 10.9 Å². The van der Waals surface area contributed by atoms with Gasteiger partial charge in [-0.3, -0.25) is 9.80 Å². The number of benzene rings is 1. The highest BCUT2D eigenvalue weighted by Crippen LogP contribution is 2.31. The van der Waals surface area contributed by atoms with E-state index in [0.717, 1.165) is 39.1 Å². The van der Waals surface area contributed by atoms with Crippen LogP contribution in [-0.4, -0.2) is 47.0 Å². The van der Waals surface area contributed by atoms with E-state index in [4.69, 9.17) is 5.26 Å². The first-order chi connectivity index (χ1) is 10.3. The predicted octanol–water partition coefficient (Wildman–Crippen LogP) is 2.12. The minimum Gasteiger partial charge on any atom is -0.357 e. The second-order valence-electron chi connectivity index (χ2n) is 6.16. The lowest BCUT2D eigenvalue weighted by Gasteiger charge is -2.43. The molecule has 1 atom stereocenters. The van der Waals surface area contributed by atoms with Crippen LogP contribution in [0.15, 0.2) is 24.3 Å². The highest BCUT2D eigenvalue weighted by atomic mass is 15.3. The van der Waals surface area contributed by atoms with Crippen molar-refractivity contribution >= 4 is 10.9 Å². The normalized spacial score (nSPS) is 22.7. The third kappa shape index (κ3) is 2.23. The lowest BCUT2D eigenvalue weighted by molar-refractivity contribution is 0.0613. The molecule has 0 spiro atoms. The number of hydrogen-bond acceptors (Lipinski definition) is 3. The molecule has 0 amide bonds. The monoisotopic (exact) mass is 280 g/mol. The van der Waals surface area contributed by atoms with Crippen LogP contribution < -0.4 is 0 Å². The van der Waals surface area contributed by atoms with E-state index < -0.39 is 0 Å². The quantitative estimate of drug-likeness (QED) is 0.916. The second kappa shape index (κ2) is 5.18. The lowest BCUT2D eigenvalue weighted by Crippen LogP contribution is -2.55. The standard InChI is InChI=1S/C17H20N4/c18-6-3-7-20-8-9-21-12-17-15(10-13(21)11-20)14-4-1-2-5-16(14)19-17/h1-2,4-5,13,19H,3,7-12H2. The Morgan fingerprint density at radius 1 is 1.29 bits per heavy atom. The number of hydrogen-bond donors (Lipinski definition) is 1. The first kappa shape index (κ1) is 12.9. The Balaban J connectivity index is 1.59. The van der Waals surface area contributed by atoms with Crippen LogP contribution >= 0.6 is 0 Å². The summed E-state index contributed by atoms with van der Waals surface area (Å²) in [6.07, 6.45) is 1.77. The fraction of sp³-hybridized carbons (Fsp3) is 0.471. The number of fused-ring (bicyclic) bond motifs is 4. The molecular formula is C17H20N4. The molecule has 21 heavy (non-hydrogen) atoms. The zero-order valence-electron chi connectivity index (χ0n) is 12.2. The Bertz CT molecular complexity index is 696. The Morgan fingerprint density at radius 3 is 3.10 bits per heavy atom. The van der Waals surface area contributed by atoms with Crippen molar-refractivity contribution < 1.29 is 0 Å². The average Bonchev–Trinajstić information content (AvgIpc) is 2.88. The van der Waals surface area contributed by atoms with Crippen molar-refractivity contribution in [1.29, 1.82) is 5.26 Å². The minimum absolute atomic E-state index is 0.601. The molecule has 1 saturated heterocycles. The molecule has 4 nitrogen and oxygen atoms in total. The topological polar surface area (TPSA) is 46.1 Å². The number of para-hydroxylation sites is 1. The molecule has 2 aliphatic heterocycles. The molecule has 1 unspecified atom stereocenters. The van der Waals surface area contributed by atoms with Gasteiger partial charge in [-0.2, -0.15) is 5.26 Å². The van der Waals surface area contributed by atoms with Gasteiger partial charge < -0.3 is 4.98 Å². The van der Waals surface area contributed by atoms with Gasteiger partial charge in [0.1, 0.15) is 0 Å². The van der Waals surface area contributed by atoms with Crippen LogP contribution in [0.1, 0.15) is 17.7 Å². The van der Waals surface area contributed by atoms with Gasteiger partial charge in [-0.25, -0.2) is 0 Å². The van der Waals surface area contributed by atoms with E-state index in [1.165, 1.54) is 22.2 Å². The first-order valence-corrected chi connectivity index (χ1v) is 7.77. The number of piperazine rings is 1. The molecule has 0 saturated carbocycles. The fourth-order valence-corrected chi connectivity index (χ4v) is 3.83. The number of nitriles is 1. The van der Waals surface area contributed by atoms with Crippen LogP contribution in [0.5, 0.6) is 0 Å². The number of nitrogens with zero attached hydrogens (tertiary/aromatic N) is 3. The van der Waals surface area contributed by atoms with Crippen LogP contribution in [0.4, 0.5) is 0 Å². The zero-order chi connectivity index (χ0) is 14.2. The van der Waals surface area contributed by atoms with Gasteiger partial charge >= 0.3 is 0 Å². The van der Waals surface area contributed by atoms with Crippen LogP contribution in [0.3, 0.4) is 0 Å². The number of aromatic amines is 1. The summed E-state index contributed by atoms with van der Waals surface area (Å²) in [6, 6.07) is 11.5. The van der Waals surface area contributed by atoms with Crippen molar-refractivity contribution in [2.45, 2.75) is 25.4 Å². The van der Waals surface area contributed by atoms with Crippen molar-refractivity contribution in [3.05, 3.63) is 35.5 Å². The second-order valence-corrected chi connectivity index (χ2v) is 6.16. The maximum absolute atomic E-state index is 8.76. The van der Waals surface area contributed by atoms with Gasteiger partial charge in [0.05, 0.1) is 6.07 Å². The molecule has 1 fully saturated rings. The van der Waals surface area contributed by atoms with Gasteiger partial charge in [0.15, 0.2) is 0 Å². The summed E-state index contributed by atoms with van der Waals surface area (Å²) in [5.74, 6) is 0. The van der Waals surface area contributed by atoms with Gasteiger partial charge in [-0.15, -0.1) is 0 Å². The summed E-state index contributed by atoms with van der Waals surface area (Å²) < 4.78 is 0. The first-order valence-electron chi connectivity index (χ1n) is 7.77. The molecule has 2 aromatic rings. The summed E-state index contributed by atoms with van der Waals surface area (Å²) in [6.45, 7) is 5.27. The van der Waals surface area contributed by atoms with Crippen LogP contribution in [-0.2, 0) is 13.0 Å². The Labute approximate surface area is 125 Å². The molecule has 108 valence electrons. The van der Waals surface area contributed by atoms with Gasteiger partial charge in [0.2, 0.25) is 0 Å². The summed E-state index contributed by atoms with van der Waals surface area (Å²) in [7, 11) is 0. The fourth-order valence-electron chi connectivity index (χ4n) is 3.83. The van der Waals surface area contributed by atoms with E-state index in [1.807, 2.05) is 0 Å². The largest absolute Gasteiger partial charge is 0.357 e. The maximum atomic E-state index is 8.76. The Kier molecular flexibility index (Phi) is 3.17. The smallest absolute Gasteiger partial charge is 0.0635 e. The molecule has 0 aliphatic carbocycles. The maximum Gasteiger partial charge on any atom is 0.0635 e. The summed E-state index contributed by atoms with van der Waals surface area (Å²) in [5, 5.41) is 10.1. The SMILES string of the molecule is N#CCCN1CCN2Cc3[nH]c4ccccc4c3CC2C1.